The summed E-state index contributed by atoms with van der Waals surface area (Å²) in [6.45, 7) is 0.514. The largest absolute Gasteiger partial charge is 0.497 e. The summed E-state index contributed by atoms with van der Waals surface area (Å²) in [5.74, 6) is 0.488. The number of H-pyrrole nitrogens is 1. The number of nitrogens with one attached hydrogen (secondary N) is 4. The molecular weight excluding hydrogens is 402 g/mol. The van der Waals surface area contributed by atoms with Crippen molar-refractivity contribution in [1.82, 2.24) is 21.0 Å². The highest BCUT2D eigenvalue weighted by atomic mass is 32.1. The van der Waals surface area contributed by atoms with E-state index < -0.39 is 0 Å². The average molecular weight is 421 g/mol. The van der Waals surface area contributed by atoms with Gasteiger partial charge in [0.05, 0.1) is 17.4 Å². The Morgan fingerprint density at radius 1 is 1.07 bits per heavy atom. The SMILES string of the molecule is COc1ccc(C(=O)Nc2n[nH]c3sc(C(=O)NNCc4ccccc4)cc23)cc1. The number of rotatable bonds is 7. The Hall–Kier alpha value is -3.69. The molecule has 0 aliphatic rings. The van der Waals surface area contributed by atoms with Gasteiger partial charge in [-0.05, 0) is 35.9 Å². The molecule has 2 heterocycles. The number of aromatic amines is 1. The third-order valence-corrected chi connectivity index (χ3v) is 5.44. The summed E-state index contributed by atoms with van der Waals surface area (Å²) >= 11 is 1.26. The van der Waals surface area contributed by atoms with E-state index in [1.807, 2.05) is 30.3 Å². The number of aromatic nitrogens is 2. The van der Waals surface area contributed by atoms with Crippen LogP contribution in [-0.4, -0.2) is 29.1 Å². The molecule has 0 unspecified atom stereocenters. The first kappa shape index (κ1) is 19.6. The number of benzene rings is 2. The second-order valence-electron chi connectivity index (χ2n) is 6.40. The molecule has 9 heteroatoms. The number of anilines is 1. The van der Waals surface area contributed by atoms with Crippen molar-refractivity contribution < 1.29 is 14.3 Å². The quantitative estimate of drug-likeness (QED) is 0.342. The monoisotopic (exact) mass is 421 g/mol. The molecule has 0 bridgehead atoms. The molecule has 0 saturated heterocycles. The summed E-state index contributed by atoms with van der Waals surface area (Å²) in [6.07, 6.45) is 0. The zero-order valence-corrected chi connectivity index (χ0v) is 16.9. The van der Waals surface area contributed by atoms with Gasteiger partial charge in [0.15, 0.2) is 5.82 Å². The molecule has 0 saturated carbocycles. The van der Waals surface area contributed by atoms with Crippen molar-refractivity contribution in [3.05, 3.63) is 76.7 Å². The van der Waals surface area contributed by atoms with E-state index in [0.29, 0.717) is 38.8 Å². The van der Waals surface area contributed by atoms with Gasteiger partial charge in [0.25, 0.3) is 11.8 Å². The molecule has 152 valence electrons. The van der Waals surface area contributed by atoms with Gasteiger partial charge in [0.1, 0.15) is 10.6 Å². The van der Waals surface area contributed by atoms with Crippen LogP contribution in [0.2, 0.25) is 0 Å². The molecule has 4 N–H and O–H groups in total. The van der Waals surface area contributed by atoms with Gasteiger partial charge in [0.2, 0.25) is 0 Å². The lowest BCUT2D eigenvalue weighted by atomic mass is 10.2. The smallest absolute Gasteiger partial charge is 0.275 e. The summed E-state index contributed by atoms with van der Waals surface area (Å²) < 4.78 is 5.10. The number of hydrogen-bond acceptors (Lipinski definition) is 6. The second kappa shape index (κ2) is 8.76. The molecule has 0 spiro atoms. The number of nitrogens with zero attached hydrogens (tertiary/aromatic N) is 1. The van der Waals surface area contributed by atoms with Crippen LogP contribution in [-0.2, 0) is 6.54 Å². The van der Waals surface area contributed by atoms with Gasteiger partial charge < -0.3 is 10.1 Å². The fourth-order valence-corrected chi connectivity index (χ4v) is 3.73. The summed E-state index contributed by atoms with van der Waals surface area (Å²) in [5, 5.41) is 10.4. The van der Waals surface area contributed by atoms with E-state index in [4.69, 9.17) is 4.74 Å². The van der Waals surface area contributed by atoms with Gasteiger partial charge in [-0.2, -0.15) is 5.10 Å². The fraction of sp³-hybridized carbons (Fsp3) is 0.0952. The molecule has 0 radical (unpaired) electrons. The highest BCUT2D eigenvalue weighted by Crippen LogP contribution is 2.29. The predicted molar refractivity (Wildman–Crippen MR) is 116 cm³/mol. The minimum absolute atomic E-state index is 0.257. The summed E-state index contributed by atoms with van der Waals surface area (Å²) in [5.41, 5.74) is 7.13. The second-order valence-corrected chi connectivity index (χ2v) is 7.45. The van der Waals surface area contributed by atoms with E-state index in [-0.39, 0.29) is 11.8 Å². The predicted octanol–water partition coefficient (Wildman–Crippen LogP) is 3.32. The van der Waals surface area contributed by atoms with Crippen LogP contribution in [0.15, 0.2) is 60.7 Å². The van der Waals surface area contributed by atoms with E-state index in [0.717, 1.165) is 5.56 Å². The number of amides is 2. The van der Waals surface area contributed by atoms with Gasteiger partial charge >= 0.3 is 0 Å². The standard InChI is InChI=1S/C21H19N5O3S/c1-29-15-9-7-14(8-10-15)19(27)23-18-16-11-17(30-21(16)26-24-18)20(28)25-22-12-13-5-3-2-4-6-13/h2-11,22H,12H2,1H3,(H,25,28)(H2,23,24,26,27). The van der Waals surface area contributed by atoms with Crippen molar-refractivity contribution in [2.24, 2.45) is 0 Å². The number of hydrogen-bond donors (Lipinski definition) is 4. The topological polar surface area (TPSA) is 108 Å². The molecular formula is C21H19N5O3S. The average Bonchev–Trinajstić information content (AvgIpc) is 3.36. The van der Waals surface area contributed by atoms with Crippen molar-refractivity contribution in [2.45, 2.75) is 6.54 Å². The maximum absolute atomic E-state index is 12.5. The van der Waals surface area contributed by atoms with Crippen LogP contribution in [0.1, 0.15) is 25.6 Å². The Morgan fingerprint density at radius 3 is 2.57 bits per heavy atom. The molecule has 8 nitrogen and oxygen atoms in total. The first-order valence-corrected chi connectivity index (χ1v) is 9.96. The third kappa shape index (κ3) is 4.32. The molecule has 2 aromatic heterocycles. The summed E-state index contributed by atoms with van der Waals surface area (Å²) in [6, 6.07) is 18.2. The van der Waals surface area contributed by atoms with Gasteiger partial charge in [-0.15, -0.1) is 11.3 Å². The maximum Gasteiger partial charge on any atom is 0.275 e. The Balaban J connectivity index is 1.41. The molecule has 30 heavy (non-hydrogen) atoms. The number of carbonyl (C=O) groups excluding carboxylic acids is 2. The number of ether oxygens (including phenoxy) is 1. The highest BCUT2D eigenvalue weighted by molar-refractivity contribution is 7.20. The zero-order chi connectivity index (χ0) is 20.9. The van der Waals surface area contributed by atoms with Gasteiger partial charge in [0, 0.05) is 12.1 Å². The van der Waals surface area contributed by atoms with Crippen LogP contribution in [0.25, 0.3) is 10.2 Å². The Morgan fingerprint density at radius 2 is 1.83 bits per heavy atom. The summed E-state index contributed by atoms with van der Waals surface area (Å²) in [4.78, 5) is 26.1. The zero-order valence-electron chi connectivity index (χ0n) is 16.1. The van der Waals surface area contributed by atoms with Crippen molar-refractivity contribution in [2.75, 3.05) is 12.4 Å². The molecule has 4 aromatic rings. The van der Waals surface area contributed by atoms with Gasteiger partial charge in [-0.1, -0.05) is 30.3 Å². The molecule has 2 aromatic carbocycles. The molecule has 4 rings (SSSR count). The molecule has 0 aliphatic heterocycles. The van der Waals surface area contributed by atoms with Crippen LogP contribution in [0.3, 0.4) is 0 Å². The number of methoxy groups -OCH3 is 1. The highest BCUT2D eigenvalue weighted by Gasteiger charge is 2.17. The Bertz CT molecular complexity index is 1170. The minimum atomic E-state index is -0.298. The fourth-order valence-electron chi connectivity index (χ4n) is 2.83. The van der Waals surface area contributed by atoms with E-state index in [1.165, 1.54) is 11.3 Å². The Labute approximate surface area is 176 Å². The number of thiophene rings is 1. The summed E-state index contributed by atoms with van der Waals surface area (Å²) in [7, 11) is 1.57. The lowest BCUT2D eigenvalue weighted by Crippen LogP contribution is -2.36. The van der Waals surface area contributed by atoms with Crippen LogP contribution in [0.4, 0.5) is 5.82 Å². The first-order chi connectivity index (χ1) is 14.6. The molecule has 0 fully saturated rings. The van der Waals surface area contributed by atoms with Crippen LogP contribution < -0.4 is 20.9 Å². The Kier molecular flexibility index (Phi) is 5.73. The third-order valence-electron chi connectivity index (χ3n) is 4.40. The number of hydrazine groups is 1. The molecule has 0 aliphatic carbocycles. The maximum atomic E-state index is 12.5. The van der Waals surface area contributed by atoms with Crippen molar-refractivity contribution >= 4 is 39.2 Å². The molecule has 0 atom stereocenters. The normalized spacial score (nSPS) is 10.7. The minimum Gasteiger partial charge on any atom is -0.497 e. The molecule has 2 amide bonds. The van der Waals surface area contributed by atoms with Gasteiger partial charge in [-0.25, -0.2) is 5.43 Å². The van der Waals surface area contributed by atoms with E-state index >= 15 is 0 Å². The van der Waals surface area contributed by atoms with Crippen LogP contribution in [0, 0.1) is 0 Å². The first-order valence-electron chi connectivity index (χ1n) is 9.14. The van der Waals surface area contributed by atoms with Crippen molar-refractivity contribution in [3.63, 3.8) is 0 Å². The number of fused-ring (bicyclic) bond motifs is 1. The number of carbonyl (C=O) groups is 2. The van der Waals surface area contributed by atoms with Crippen LogP contribution in [0.5, 0.6) is 5.75 Å². The van der Waals surface area contributed by atoms with E-state index in [9.17, 15) is 9.59 Å². The van der Waals surface area contributed by atoms with E-state index in [1.54, 1.807) is 37.4 Å². The lowest BCUT2D eigenvalue weighted by molar-refractivity contribution is 0.0936. The van der Waals surface area contributed by atoms with Crippen molar-refractivity contribution in [1.29, 1.82) is 0 Å². The lowest BCUT2D eigenvalue weighted by Gasteiger charge is -2.06. The van der Waals surface area contributed by atoms with Crippen LogP contribution >= 0.6 is 11.3 Å². The van der Waals surface area contributed by atoms with Gasteiger partial charge in [-0.3, -0.25) is 20.1 Å². The van der Waals surface area contributed by atoms with E-state index in [2.05, 4.69) is 26.4 Å². The van der Waals surface area contributed by atoms with Crippen molar-refractivity contribution in [3.8, 4) is 5.75 Å².